The van der Waals surface area contributed by atoms with Crippen molar-refractivity contribution in [3.05, 3.63) is 17.0 Å². The number of hydrogen-bond donors (Lipinski definition) is 2. The van der Waals surface area contributed by atoms with E-state index in [1.807, 2.05) is 18.7 Å². The smallest absolute Gasteiger partial charge is 0.318 e. The third-order valence-electron chi connectivity index (χ3n) is 5.02. The molecule has 2 N–H and O–H groups in total. The molecule has 2 atom stereocenters. The first kappa shape index (κ1) is 16.3. The molecule has 0 saturated carbocycles. The molecule has 0 aromatic carbocycles. The van der Waals surface area contributed by atoms with Crippen LogP contribution in [-0.4, -0.2) is 46.9 Å². The van der Waals surface area contributed by atoms with Crippen molar-refractivity contribution in [2.45, 2.75) is 64.5 Å². The van der Waals surface area contributed by atoms with Crippen LogP contribution < -0.4 is 5.32 Å². The lowest BCUT2D eigenvalue weighted by Crippen LogP contribution is -2.49. The van der Waals surface area contributed by atoms with Crippen molar-refractivity contribution in [3.8, 4) is 0 Å². The van der Waals surface area contributed by atoms with Crippen LogP contribution in [0.5, 0.6) is 0 Å². The topological polar surface area (TPSA) is 70.2 Å². The lowest BCUT2D eigenvalue weighted by Gasteiger charge is -2.33. The van der Waals surface area contributed by atoms with Gasteiger partial charge in [0.1, 0.15) is 0 Å². The summed E-state index contributed by atoms with van der Waals surface area (Å²) in [7, 11) is 0. The van der Waals surface area contributed by atoms with Gasteiger partial charge in [-0.05, 0) is 39.5 Å². The number of nitrogens with zero attached hydrogens (tertiary/aromatic N) is 2. The van der Waals surface area contributed by atoms with E-state index in [1.165, 1.54) is 12.0 Å². The summed E-state index contributed by atoms with van der Waals surface area (Å²) in [6.07, 6.45) is 6.45. The van der Waals surface area contributed by atoms with E-state index >= 15 is 0 Å². The van der Waals surface area contributed by atoms with Gasteiger partial charge >= 0.3 is 6.03 Å². The van der Waals surface area contributed by atoms with Gasteiger partial charge in [-0.2, -0.15) is 5.10 Å². The predicted octanol–water partition coefficient (Wildman–Crippen LogP) is 2.83. The van der Waals surface area contributed by atoms with Gasteiger partial charge in [-0.3, -0.25) is 5.10 Å². The molecule has 3 rings (SSSR count). The van der Waals surface area contributed by atoms with Gasteiger partial charge in [0.25, 0.3) is 0 Å². The molecule has 2 aliphatic rings. The number of rotatable bonds is 2. The summed E-state index contributed by atoms with van der Waals surface area (Å²) in [5.41, 5.74) is 3.28. The number of aryl methyl sites for hydroxylation is 2. The van der Waals surface area contributed by atoms with E-state index in [2.05, 4.69) is 15.5 Å². The summed E-state index contributed by atoms with van der Waals surface area (Å²) < 4.78 is 5.48. The third-order valence-corrected chi connectivity index (χ3v) is 5.02. The van der Waals surface area contributed by atoms with Crippen LogP contribution in [0.3, 0.4) is 0 Å². The number of ether oxygens (including phenoxy) is 1. The minimum Gasteiger partial charge on any atom is -0.379 e. The fourth-order valence-electron chi connectivity index (χ4n) is 3.81. The van der Waals surface area contributed by atoms with Crippen LogP contribution in [0.2, 0.25) is 0 Å². The first-order chi connectivity index (χ1) is 11.2. The Morgan fingerprint density at radius 3 is 2.83 bits per heavy atom. The van der Waals surface area contributed by atoms with E-state index in [-0.39, 0.29) is 18.1 Å². The number of likely N-dealkylation sites (tertiary alicyclic amines) is 1. The van der Waals surface area contributed by atoms with Crippen molar-refractivity contribution in [3.63, 3.8) is 0 Å². The van der Waals surface area contributed by atoms with Crippen LogP contribution in [-0.2, 0) is 4.74 Å². The number of H-pyrrole nitrogens is 1. The van der Waals surface area contributed by atoms with E-state index in [0.29, 0.717) is 6.61 Å². The Morgan fingerprint density at radius 1 is 1.26 bits per heavy atom. The van der Waals surface area contributed by atoms with Crippen LogP contribution >= 0.6 is 0 Å². The standard InChI is InChI=1S/C17H28N4O2/c1-12-16(13(2)20-19-12)15-8-4-3-5-9-21(15)17(22)18-14-7-6-10-23-11-14/h14-15H,3-11H2,1-2H3,(H,18,22)(H,19,20)/t14-,15-/m0/s1. The second-order valence-electron chi connectivity index (χ2n) is 6.77. The number of aromatic amines is 1. The number of hydrogen-bond acceptors (Lipinski definition) is 3. The number of carbonyl (C=O) groups is 1. The Kier molecular flexibility index (Phi) is 5.20. The van der Waals surface area contributed by atoms with Gasteiger partial charge in [0.2, 0.25) is 0 Å². The minimum atomic E-state index is 0.0485. The molecule has 2 amide bonds. The third kappa shape index (κ3) is 3.68. The number of urea groups is 1. The van der Waals surface area contributed by atoms with Gasteiger partial charge in [0, 0.05) is 24.4 Å². The number of nitrogens with one attached hydrogen (secondary N) is 2. The molecule has 2 saturated heterocycles. The zero-order valence-electron chi connectivity index (χ0n) is 14.2. The molecule has 0 spiro atoms. The Labute approximate surface area is 138 Å². The molecule has 3 heterocycles. The molecule has 1 aromatic rings. The maximum absolute atomic E-state index is 12.9. The van der Waals surface area contributed by atoms with Crippen molar-refractivity contribution in [1.82, 2.24) is 20.4 Å². The van der Waals surface area contributed by atoms with E-state index in [9.17, 15) is 4.79 Å². The van der Waals surface area contributed by atoms with Crippen molar-refractivity contribution in [1.29, 1.82) is 0 Å². The highest BCUT2D eigenvalue weighted by atomic mass is 16.5. The van der Waals surface area contributed by atoms with E-state index < -0.39 is 0 Å². The average molecular weight is 320 g/mol. The fraction of sp³-hybridized carbons (Fsp3) is 0.765. The van der Waals surface area contributed by atoms with Crippen LogP contribution in [0, 0.1) is 13.8 Å². The molecule has 2 aliphatic heterocycles. The van der Waals surface area contributed by atoms with Gasteiger partial charge in [0.05, 0.1) is 24.4 Å². The molecule has 0 bridgehead atoms. The van der Waals surface area contributed by atoms with Crippen LogP contribution in [0.1, 0.15) is 61.5 Å². The molecule has 0 aliphatic carbocycles. The van der Waals surface area contributed by atoms with E-state index in [1.54, 1.807) is 0 Å². The monoisotopic (exact) mass is 320 g/mol. The molecule has 128 valence electrons. The number of carbonyl (C=O) groups excluding carboxylic acids is 1. The number of aromatic nitrogens is 2. The second-order valence-corrected chi connectivity index (χ2v) is 6.77. The molecule has 6 nitrogen and oxygen atoms in total. The van der Waals surface area contributed by atoms with E-state index in [0.717, 1.165) is 56.6 Å². The average Bonchev–Trinajstić information content (AvgIpc) is 2.76. The molecule has 2 fully saturated rings. The van der Waals surface area contributed by atoms with Gasteiger partial charge in [-0.1, -0.05) is 12.8 Å². The quantitative estimate of drug-likeness (QED) is 0.880. The number of amides is 2. The highest BCUT2D eigenvalue weighted by Gasteiger charge is 2.31. The van der Waals surface area contributed by atoms with Crippen molar-refractivity contribution < 1.29 is 9.53 Å². The maximum Gasteiger partial charge on any atom is 0.318 e. The van der Waals surface area contributed by atoms with Crippen LogP contribution in [0.15, 0.2) is 0 Å². The first-order valence-corrected chi connectivity index (χ1v) is 8.83. The van der Waals surface area contributed by atoms with Gasteiger partial charge in [-0.15, -0.1) is 0 Å². The second kappa shape index (κ2) is 7.34. The Hall–Kier alpha value is -1.56. The molecule has 0 radical (unpaired) electrons. The molecular weight excluding hydrogens is 292 g/mol. The summed E-state index contributed by atoms with van der Waals surface area (Å²) in [6, 6.07) is 0.319. The maximum atomic E-state index is 12.9. The first-order valence-electron chi connectivity index (χ1n) is 8.83. The predicted molar refractivity (Wildman–Crippen MR) is 88.3 cm³/mol. The zero-order chi connectivity index (χ0) is 16.2. The van der Waals surface area contributed by atoms with E-state index in [4.69, 9.17) is 4.74 Å². The fourth-order valence-corrected chi connectivity index (χ4v) is 3.81. The summed E-state index contributed by atoms with van der Waals surface area (Å²) in [5, 5.41) is 10.6. The van der Waals surface area contributed by atoms with Gasteiger partial charge < -0.3 is 15.0 Å². The largest absolute Gasteiger partial charge is 0.379 e. The van der Waals surface area contributed by atoms with Crippen molar-refractivity contribution in [2.75, 3.05) is 19.8 Å². The van der Waals surface area contributed by atoms with Crippen LogP contribution in [0.25, 0.3) is 0 Å². The van der Waals surface area contributed by atoms with Crippen molar-refractivity contribution in [2.24, 2.45) is 0 Å². The lowest BCUT2D eigenvalue weighted by atomic mass is 9.99. The zero-order valence-corrected chi connectivity index (χ0v) is 14.2. The summed E-state index contributed by atoms with van der Waals surface area (Å²) in [6.45, 7) is 6.33. The highest BCUT2D eigenvalue weighted by molar-refractivity contribution is 5.75. The Morgan fingerprint density at radius 2 is 2.13 bits per heavy atom. The van der Waals surface area contributed by atoms with Crippen molar-refractivity contribution >= 4 is 6.03 Å². The van der Waals surface area contributed by atoms with Crippen LogP contribution in [0.4, 0.5) is 4.79 Å². The molecule has 0 unspecified atom stereocenters. The highest BCUT2D eigenvalue weighted by Crippen LogP contribution is 2.33. The lowest BCUT2D eigenvalue weighted by molar-refractivity contribution is 0.0693. The van der Waals surface area contributed by atoms with Gasteiger partial charge in [0.15, 0.2) is 0 Å². The molecule has 1 aromatic heterocycles. The summed E-state index contributed by atoms with van der Waals surface area (Å²) in [4.78, 5) is 14.9. The molecular formula is C17H28N4O2. The minimum absolute atomic E-state index is 0.0485. The van der Waals surface area contributed by atoms with Gasteiger partial charge in [-0.25, -0.2) is 4.79 Å². The summed E-state index contributed by atoms with van der Waals surface area (Å²) in [5.74, 6) is 0. The molecule has 23 heavy (non-hydrogen) atoms. The Balaban J connectivity index is 1.77. The summed E-state index contributed by atoms with van der Waals surface area (Å²) >= 11 is 0. The molecule has 6 heteroatoms. The normalized spacial score (nSPS) is 25.9. The SMILES string of the molecule is Cc1n[nH]c(C)c1[C@@H]1CCCCCN1C(=O)N[C@H]1CCCOC1. The Bertz CT molecular complexity index is 517.